The van der Waals surface area contributed by atoms with Gasteiger partial charge in [-0.15, -0.1) is 0 Å². The maximum absolute atomic E-state index is 3.45. The molecule has 0 heterocycles. The predicted molar refractivity (Wildman–Crippen MR) is 42.4 cm³/mol. The van der Waals surface area contributed by atoms with Crippen LogP contribution in [0.15, 0.2) is 0 Å². The van der Waals surface area contributed by atoms with Gasteiger partial charge in [0.05, 0.1) is 0 Å². The van der Waals surface area contributed by atoms with Crippen LogP contribution in [0.5, 0.6) is 0 Å². The van der Waals surface area contributed by atoms with Gasteiger partial charge in [0.1, 0.15) is 0 Å². The third kappa shape index (κ3) is 2.71. The summed E-state index contributed by atoms with van der Waals surface area (Å²) in [6, 6.07) is 0. The summed E-state index contributed by atoms with van der Waals surface area (Å²) in [7, 11) is 0. The van der Waals surface area contributed by atoms with Crippen LogP contribution >= 0.6 is 15.9 Å². The normalized spacial score (nSPS) is 16.1. The lowest BCUT2D eigenvalue weighted by Gasteiger charge is -2.24. The Bertz CT molecular complexity index is 61.3. The Kier molecular flexibility index (Phi) is 3.03. The maximum Gasteiger partial charge on any atom is 0.00620 e. The first-order valence-electron chi connectivity index (χ1n) is 3.04. The highest BCUT2D eigenvalue weighted by molar-refractivity contribution is 9.09. The SMILES string of the molecule is CC(CBr)C(C)(C)C. The fourth-order valence-corrected chi connectivity index (χ4v) is 1.20. The molecule has 0 aromatic rings. The van der Waals surface area contributed by atoms with Gasteiger partial charge in [0.15, 0.2) is 0 Å². The minimum absolute atomic E-state index is 0.462. The van der Waals surface area contributed by atoms with Crippen molar-refractivity contribution >= 4 is 15.9 Å². The van der Waals surface area contributed by atoms with Gasteiger partial charge in [0.25, 0.3) is 0 Å². The summed E-state index contributed by atoms with van der Waals surface area (Å²) < 4.78 is 0. The maximum atomic E-state index is 3.45. The van der Waals surface area contributed by atoms with Crippen molar-refractivity contribution in [2.75, 3.05) is 5.33 Å². The van der Waals surface area contributed by atoms with Gasteiger partial charge in [-0.3, -0.25) is 0 Å². The molecule has 0 spiro atoms. The second-order valence-electron chi connectivity index (χ2n) is 3.42. The zero-order valence-electron chi connectivity index (χ0n) is 6.16. The Morgan fingerprint density at radius 1 is 1.38 bits per heavy atom. The quantitative estimate of drug-likeness (QED) is 0.542. The lowest BCUT2D eigenvalue weighted by molar-refractivity contribution is 0.290. The van der Waals surface area contributed by atoms with Gasteiger partial charge in [-0.2, -0.15) is 0 Å². The fraction of sp³-hybridized carbons (Fsp3) is 1.00. The molecule has 0 fully saturated rings. The molecule has 1 heteroatoms. The minimum atomic E-state index is 0.462. The minimum Gasteiger partial charge on any atom is -0.0925 e. The van der Waals surface area contributed by atoms with E-state index in [2.05, 4.69) is 43.6 Å². The molecule has 8 heavy (non-hydrogen) atoms. The predicted octanol–water partition coefficient (Wildman–Crippen LogP) is 3.06. The van der Waals surface area contributed by atoms with E-state index in [1.165, 1.54) is 0 Å². The molecule has 0 radical (unpaired) electrons. The summed E-state index contributed by atoms with van der Waals surface area (Å²) in [6.45, 7) is 9.05. The molecule has 0 aliphatic rings. The number of rotatable bonds is 1. The summed E-state index contributed by atoms with van der Waals surface area (Å²) in [5, 5.41) is 1.11. The van der Waals surface area contributed by atoms with Crippen molar-refractivity contribution in [3.63, 3.8) is 0 Å². The molecule has 50 valence electrons. The number of alkyl halides is 1. The molecule has 0 aliphatic heterocycles. The molecule has 0 N–H and O–H groups in total. The fourth-order valence-electron chi connectivity index (χ4n) is 0.231. The Morgan fingerprint density at radius 2 is 1.75 bits per heavy atom. The molecule has 0 bridgehead atoms. The van der Waals surface area contributed by atoms with Crippen molar-refractivity contribution in [2.24, 2.45) is 11.3 Å². The largest absolute Gasteiger partial charge is 0.0925 e. The lowest BCUT2D eigenvalue weighted by atomic mass is 9.84. The van der Waals surface area contributed by atoms with Gasteiger partial charge >= 0.3 is 0 Å². The molecule has 1 atom stereocenters. The third-order valence-electron chi connectivity index (χ3n) is 1.71. The Labute approximate surface area is 60.8 Å². The summed E-state index contributed by atoms with van der Waals surface area (Å²) in [6.07, 6.45) is 0. The van der Waals surface area contributed by atoms with E-state index in [1.54, 1.807) is 0 Å². The van der Waals surface area contributed by atoms with E-state index < -0.39 is 0 Å². The standard InChI is InChI=1S/C7H15Br/c1-6(5-8)7(2,3)4/h6H,5H2,1-4H3. The molecular weight excluding hydrogens is 164 g/mol. The second-order valence-corrected chi connectivity index (χ2v) is 4.07. The number of hydrogen-bond acceptors (Lipinski definition) is 0. The summed E-state index contributed by atoms with van der Waals surface area (Å²) in [5.41, 5.74) is 0.462. The van der Waals surface area contributed by atoms with Gasteiger partial charge in [-0.1, -0.05) is 43.6 Å². The molecule has 0 amide bonds. The molecule has 0 nitrogen and oxygen atoms in total. The van der Waals surface area contributed by atoms with Crippen molar-refractivity contribution in [2.45, 2.75) is 27.7 Å². The van der Waals surface area contributed by atoms with Crippen molar-refractivity contribution in [3.8, 4) is 0 Å². The van der Waals surface area contributed by atoms with Crippen LogP contribution in [0, 0.1) is 11.3 Å². The summed E-state index contributed by atoms with van der Waals surface area (Å²) >= 11 is 3.45. The molecular formula is C7H15Br. The Hall–Kier alpha value is 0.480. The molecule has 0 aromatic carbocycles. The van der Waals surface area contributed by atoms with Crippen LogP contribution in [0.1, 0.15) is 27.7 Å². The highest BCUT2D eigenvalue weighted by Crippen LogP contribution is 2.26. The molecule has 0 saturated heterocycles. The second kappa shape index (κ2) is 2.86. The van der Waals surface area contributed by atoms with Crippen LogP contribution in [0.25, 0.3) is 0 Å². The van der Waals surface area contributed by atoms with E-state index in [-0.39, 0.29) is 0 Å². The van der Waals surface area contributed by atoms with E-state index in [0.29, 0.717) is 5.41 Å². The number of halogens is 1. The van der Waals surface area contributed by atoms with E-state index in [4.69, 9.17) is 0 Å². The van der Waals surface area contributed by atoms with Crippen molar-refractivity contribution in [1.82, 2.24) is 0 Å². The van der Waals surface area contributed by atoms with Gasteiger partial charge in [-0.05, 0) is 11.3 Å². The first-order chi connectivity index (χ1) is 3.48. The van der Waals surface area contributed by atoms with Gasteiger partial charge in [0, 0.05) is 5.33 Å². The van der Waals surface area contributed by atoms with Crippen molar-refractivity contribution in [1.29, 1.82) is 0 Å². The lowest BCUT2D eigenvalue weighted by Crippen LogP contribution is -2.17. The van der Waals surface area contributed by atoms with E-state index in [1.807, 2.05) is 0 Å². The molecule has 0 aliphatic carbocycles. The van der Waals surface area contributed by atoms with Crippen LogP contribution in [0.4, 0.5) is 0 Å². The van der Waals surface area contributed by atoms with Gasteiger partial charge in [-0.25, -0.2) is 0 Å². The summed E-state index contributed by atoms with van der Waals surface area (Å²) in [4.78, 5) is 0. The van der Waals surface area contributed by atoms with Crippen LogP contribution in [0.2, 0.25) is 0 Å². The van der Waals surface area contributed by atoms with Gasteiger partial charge < -0.3 is 0 Å². The highest BCUT2D eigenvalue weighted by atomic mass is 79.9. The monoisotopic (exact) mass is 178 g/mol. The van der Waals surface area contributed by atoms with E-state index in [9.17, 15) is 0 Å². The first-order valence-corrected chi connectivity index (χ1v) is 4.16. The zero-order valence-corrected chi connectivity index (χ0v) is 7.75. The topological polar surface area (TPSA) is 0 Å². The van der Waals surface area contributed by atoms with Crippen LogP contribution in [-0.2, 0) is 0 Å². The average Bonchev–Trinajstić information content (AvgIpc) is 1.62. The summed E-state index contributed by atoms with van der Waals surface area (Å²) in [5.74, 6) is 0.766. The molecule has 1 unspecified atom stereocenters. The van der Waals surface area contributed by atoms with Crippen molar-refractivity contribution in [3.05, 3.63) is 0 Å². The van der Waals surface area contributed by atoms with E-state index >= 15 is 0 Å². The highest BCUT2D eigenvalue weighted by Gasteiger charge is 2.17. The molecule has 0 aromatic heterocycles. The van der Waals surface area contributed by atoms with Crippen LogP contribution in [-0.4, -0.2) is 5.33 Å². The smallest absolute Gasteiger partial charge is 0.00620 e. The van der Waals surface area contributed by atoms with E-state index in [0.717, 1.165) is 11.2 Å². The van der Waals surface area contributed by atoms with Crippen LogP contribution in [0.3, 0.4) is 0 Å². The number of hydrogen-bond donors (Lipinski definition) is 0. The Morgan fingerprint density at radius 3 is 1.75 bits per heavy atom. The van der Waals surface area contributed by atoms with Crippen LogP contribution < -0.4 is 0 Å². The van der Waals surface area contributed by atoms with Crippen molar-refractivity contribution < 1.29 is 0 Å². The molecule has 0 saturated carbocycles. The third-order valence-corrected chi connectivity index (χ3v) is 2.68. The zero-order chi connectivity index (χ0) is 6.78. The van der Waals surface area contributed by atoms with Gasteiger partial charge in [0.2, 0.25) is 0 Å². The average molecular weight is 179 g/mol. The Balaban J connectivity index is 3.62. The first kappa shape index (κ1) is 8.48. The molecule has 0 rings (SSSR count).